The summed E-state index contributed by atoms with van der Waals surface area (Å²) in [5.74, 6) is 0.407. The first-order chi connectivity index (χ1) is 8.20. The standard InChI is InChI=1S/C13H19ClN2O/c1-17-7-6-16-8-12(13(15)9-16)10-2-4-11(14)5-3-10/h2-5,12-13H,6-9,15H2,1H3/t12-,13+/m1/s1. The second-order valence-electron chi connectivity index (χ2n) is 4.57. The molecule has 1 aromatic carbocycles. The topological polar surface area (TPSA) is 38.5 Å². The smallest absolute Gasteiger partial charge is 0.0589 e. The molecule has 2 rings (SSSR count). The number of methoxy groups -OCH3 is 1. The molecule has 1 aliphatic heterocycles. The van der Waals surface area contributed by atoms with Crippen molar-refractivity contribution in [1.29, 1.82) is 0 Å². The number of ether oxygens (including phenoxy) is 1. The highest BCUT2D eigenvalue weighted by Gasteiger charge is 2.30. The van der Waals surface area contributed by atoms with Crippen molar-refractivity contribution in [2.45, 2.75) is 12.0 Å². The number of benzene rings is 1. The molecule has 3 nitrogen and oxygen atoms in total. The zero-order chi connectivity index (χ0) is 12.3. The average molecular weight is 255 g/mol. The number of likely N-dealkylation sites (tertiary alicyclic amines) is 1. The van der Waals surface area contributed by atoms with E-state index in [4.69, 9.17) is 22.1 Å². The molecule has 2 N–H and O–H groups in total. The minimum Gasteiger partial charge on any atom is -0.383 e. The molecule has 0 aliphatic carbocycles. The number of halogens is 1. The van der Waals surface area contributed by atoms with Gasteiger partial charge in [0.1, 0.15) is 0 Å². The molecule has 2 atom stereocenters. The van der Waals surface area contributed by atoms with Gasteiger partial charge in [0.2, 0.25) is 0 Å². The molecule has 94 valence electrons. The van der Waals surface area contributed by atoms with Crippen LogP contribution >= 0.6 is 11.6 Å². The van der Waals surface area contributed by atoms with Crippen LogP contribution in [0.4, 0.5) is 0 Å². The molecule has 1 aliphatic rings. The molecular formula is C13H19ClN2O. The van der Waals surface area contributed by atoms with Gasteiger partial charge in [-0.2, -0.15) is 0 Å². The van der Waals surface area contributed by atoms with E-state index in [1.54, 1.807) is 7.11 Å². The first kappa shape index (κ1) is 12.8. The molecule has 1 fully saturated rings. The third kappa shape index (κ3) is 3.19. The molecule has 1 heterocycles. The van der Waals surface area contributed by atoms with Crippen molar-refractivity contribution in [2.24, 2.45) is 5.73 Å². The van der Waals surface area contributed by atoms with E-state index in [1.165, 1.54) is 5.56 Å². The van der Waals surface area contributed by atoms with Gasteiger partial charge in [-0.05, 0) is 17.7 Å². The van der Waals surface area contributed by atoms with Crippen molar-refractivity contribution in [1.82, 2.24) is 4.90 Å². The average Bonchev–Trinajstić information content (AvgIpc) is 2.69. The van der Waals surface area contributed by atoms with Crippen LogP contribution < -0.4 is 5.73 Å². The molecule has 0 unspecified atom stereocenters. The summed E-state index contributed by atoms with van der Waals surface area (Å²) in [7, 11) is 1.73. The first-order valence-corrected chi connectivity index (χ1v) is 6.31. The number of hydrogen-bond acceptors (Lipinski definition) is 3. The number of rotatable bonds is 4. The highest BCUT2D eigenvalue weighted by Crippen LogP contribution is 2.27. The highest BCUT2D eigenvalue weighted by atomic mass is 35.5. The van der Waals surface area contributed by atoms with E-state index in [0.717, 1.165) is 31.3 Å². The second-order valence-corrected chi connectivity index (χ2v) is 5.01. The molecule has 0 saturated carbocycles. The van der Waals surface area contributed by atoms with Crippen molar-refractivity contribution in [2.75, 3.05) is 33.4 Å². The summed E-state index contributed by atoms with van der Waals surface area (Å²) >= 11 is 5.89. The van der Waals surface area contributed by atoms with Gasteiger partial charge in [0.05, 0.1) is 6.61 Å². The van der Waals surface area contributed by atoms with Crippen molar-refractivity contribution >= 4 is 11.6 Å². The summed E-state index contributed by atoms with van der Waals surface area (Å²) in [4.78, 5) is 2.35. The van der Waals surface area contributed by atoms with E-state index in [0.29, 0.717) is 5.92 Å². The minimum atomic E-state index is 0.202. The molecule has 0 amide bonds. The van der Waals surface area contributed by atoms with Crippen molar-refractivity contribution in [3.8, 4) is 0 Å². The van der Waals surface area contributed by atoms with E-state index < -0.39 is 0 Å². The van der Waals surface area contributed by atoms with E-state index in [-0.39, 0.29) is 6.04 Å². The predicted octanol–water partition coefficient (Wildman–Crippen LogP) is 1.71. The van der Waals surface area contributed by atoms with Gasteiger partial charge in [-0.25, -0.2) is 0 Å². The summed E-state index contributed by atoms with van der Waals surface area (Å²) in [6.45, 7) is 3.66. The Morgan fingerprint density at radius 2 is 2.06 bits per heavy atom. The summed E-state index contributed by atoms with van der Waals surface area (Å²) in [6.07, 6.45) is 0. The van der Waals surface area contributed by atoms with Crippen molar-refractivity contribution in [3.05, 3.63) is 34.9 Å². The largest absolute Gasteiger partial charge is 0.383 e. The fourth-order valence-electron chi connectivity index (χ4n) is 2.38. The molecule has 0 spiro atoms. The zero-order valence-corrected chi connectivity index (χ0v) is 10.9. The van der Waals surface area contributed by atoms with Crippen LogP contribution in [0.25, 0.3) is 0 Å². The molecule has 1 saturated heterocycles. The van der Waals surface area contributed by atoms with Crippen LogP contribution in [0, 0.1) is 0 Å². The van der Waals surface area contributed by atoms with Gasteiger partial charge in [0.25, 0.3) is 0 Å². The Hall–Kier alpha value is -0.610. The van der Waals surface area contributed by atoms with Crippen LogP contribution in [0.15, 0.2) is 24.3 Å². The van der Waals surface area contributed by atoms with Crippen LogP contribution in [-0.4, -0.2) is 44.3 Å². The first-order valence-electron chi connectivity index (χ1n) is 5.93. The lowest BCUT2D eigenvalue weighted by Crippen LogP contribution is -2.30. The lowest BCUT2D eigenvalue weighted by molar-refractivity contribution is 0.160. The van der Waals surface area contributed by atoms with Gasteiger partial charge < -0.3 is 10.5 Å². The maximum Gasteiger partial charge on any atom is 0.0589 e. The monoisotopic (exact) mass is 254 g/mol. The number of hydrogen-bond donors (Lipinski definition) is 1. The SMILES string of the molecule is COCCN1C[C@H](c2ccc(Cl)cc2)[C@@H](N)C1. The van der Waals surface area contributed by atoms with Gasteiger partial charge in [-0.1, -0.05) is 23.7 Å². The number of nitrogens with zero attached hydrogens (tertiary/aromatic N) is 1. The van der Waals surface area contributed by atoms with Crippen molar-refractivity contribution < 1.29 is 4.74 Å². The molecule has 1 aromatic rings. The van der Waals surface area contributed by atoms with Gasteiger partial charge in [-0.3, -0.25) is 4.90 Å². The minimum absolute atomic E-state index is 0.202. The maximum absolute atomic E-state index is 6.20. The summed E-state index contributed by atoms with van der Waals surface area (Å²) in [6, 6.07) is 8.22. The quantitative estimate of drug-likeness (QED) is 0.889. The molecule has 0 bridgehead atoms. The summed E-state index contributed by atoms with van der Waals surface area (Å²) < 4.78 is 5.10. The van der Waals surface area contributed by atoms with E-state index >= 15 is 0 Å². The zero-order valence-electron chi connectivity index (χ0n) is 10.1. The van der Waals surface area contributed by atoms with E-state index in [2.05, 4.69) is 17.0 Å². The summed E-state index contributed by atoms with van der Waals surface area (Å²) in [5.41, 5.74) is 7.48. The maximum atomic E-state index is 6.20. The van der Waals surface area contributed by atoms with Crippen LogP contribution in [0.3, 0.4) is 0 Å². The van der Waals surface area contributed by atoms with Crippen LogP contribution in [0.2, 0.25) is 5.02 Å². The van der Waals surface area contributed by atoms with Crippen LogP contribution in [-0.2, 0) is 4.74 Å². The third-order valence-electron chi connectivity index (χ3n) is 3.35. The van der Waals surface area contributed by atoms with Crippen LogP contribution in [0.5, 0.6) is 0 Å². The summed E-state index contributed by atoms with van der Waals surface area (Å²) in [5, 5.41) is 0.775. The Bertz CT molecular complexity index is 355. The lowest BCUT2D eigenvalue weighted by Gasteiger charge is -2.15. The molecule has 4 heteroatoms. The molecule has 0 aromatic heterocycles. The van der Waals surface area contributed by atoms with Crippen LogP contribution in [0.1, 0.15) is 11.5 Å². The fourth-order valence-corrected chi connectivity index (χ4v) is 2.51. The highest BCUT2D eigenvalue weighted by molar-refractivity contribution is 6.30. The molecular weight excluding hydrogens is 236 g/mol. The Balaban J connectivity index is 2.00. The fraction of sp³-hybridized carbons (Fsp3) is 0.538. The van der Waals surface area contributed by atoms with Gasteiger partial charge >= 0.3 is 0 Å². The van der Waals surface area contributed by atoms with Crippen molar-refractivity contribution in [3.63, 3.8) is 0 Å². The predicted molar refractivity (Wildman–Crippen MR) is 70.5 cm³/mol. The van der Waals surface area contributed by atoms with Gasteiger partial charge in [0.15, 0.2) is 0 Å². The van der Waals surface area contributed by atoms with E-state index in [9.17, 15) is 0 Å². The third-order valence-corrected chi connectivity index (χ3v) is 3.60. The Labute approximate surface area is 107 Å². The molecule has 0 radical (unpaired) electrons. The Morgan fingerprint density at radius 3 is 2.71 bits per heavy atom. The molecule has 17 heavy (non-hydrogen) atoms. The lowest BCUT2D eigenvalue weighted by atomic mass is 9.95. The second kappa shape index (κ2) is 5.83. The Morgan fingerprint density at radius 1 is 1.35 bits per heavy atom. The number of nitrogens with two attached hydrogens (primary N) is 1. The van der Waals surface area contributed by atoms with Gasteiger partial charge in [-0.15, -0.1) is 0 Å². The Kier molecular flexibility index (Phi) is 4.40. The normalized spacial score (nSPS) is 25.4. The van der Waals surface area contributed by atoms with Gasteiger partial charge in [0, 0.05) is 43.7 Å². The van der Waals surface area contributed by atoms with E-state index in [1.807, 2.05) is 12.1 Å².